The molecule has 2 aliphatic rings. The lowest BCUT2D eigenvalue weighted by Crippen LogP contribution is -2.28. The molecular formula is C18H27NO. The Morgan fingerprint density at radius 2 is 2.10 bits per heavy atom. The van der Waals surface area contributed by atoms with Crippen molar-refractivity contribution >= 4 is 0 Å². The molecule has 1 N–H and O–H groups in total. The molecule has 0 aromatic heterocycles. The lowest BCUT2D eigenvalue weighted by molar-refractivity contribution is 0.303. The first-order valence-corrected chi connectivity index (χ1v) is 8.23. The Morgan fingerprint density at radius 3 is 2.80 bits per heavy atom. The van der Waals surface area contributed by atoms with E-state index < -0.39 is 0 Å². The van der Waals surface area contributed by atoms with Crippen LogP contribution in [0, 0.1) is 17.8 Å². The number of hydrogen-bond acceptors (Lipinski definition) is 2. The molecule has 0 spiro atoms. The average molecular weight is 273 g/mol. The molecular weight excluding hydrogens is 246 g/mol. The molecule has 0 saturated heterocycles. The van der Waals surface area contributed by atoms with Gasteiger partial charge in [-0.15, -0.1) is 0 Å². The van der Waals surface area contributed by atoms with Crippen LogP contribution in [0.4, 0.5) is 0 Å². The van der Waals surface area contributed by atoms with E-state index >= 15 is 0 Å². The van der Waals surface area contributed by atoms with E-state index in [4.69, 9.17) is 4.74 Å². The maximum atomic E-state index is 5.74. The highest BCUT2D eigenvalue weighted by atomic mass is 16.5. The van der Waals surface area contributed by atoms with E-state index in [0.717, 1.165) is 30.1 Å². The first kappa shape index (κ1) is 13.9. The smallest absolute Gasteiger partial charge is 0.124 e. The Morgan fingerprint density at radius 1 is 1.25 bits per heavy atom. The maximum Gasteiger partial charge on any atom is 0.124 e. The molecule has 0 radical (unpaired) electrons. The van der Waals surface area contributed by atoms with E-state index in [9.17, 15) is 0 Å². The molecule has 1 aromatic carbocycles. The number of ether oxygens (including phenoxy) is 1. The lowest BCUT2D eigenvalue weighted by atomic mass is 9.88. The van der Waals surface area contributed by atoms with Gasteiger partial charge in [0, 0.05) is 11.6 Å². The summed E-state index contributed by atoms with van der Waals surface area (Å²) in [5.74, 6) is 3.98. The van der Waals surface area contributed by atoms with Crippen LogP contribution in [0.2, 0.25) is 0 Å². The van der Waals surface area contributed by atoms with Crippen molar-refractivity contribution in [3.8, 4) is 5.75 Å². The molecule has 110 valence electrons. The topological polar surface area (TPSA) is 21.3 Å². The fourth-order valence-electron chi connectivity index (χ4n) is 4.19. The SMILES string of the molecule is CCOc1ccccc1C(C)NCC1CC2CCC1C2. The van der Waals surface area contributed by atoms with E-state index in [0.29, 0.717) is 6.04 Å². The number of rotatable bonds is 6. The van der Waals surface area contributed by atoms with E-state index in [1.165, 1.54) is 37.8 Å². The van der Waals surface area contributed by atoms with Crippen LogP contribution in [0.3, 0.4) is 0 Å². The third kappa shape index (κ3) is 2.85. The second-order valence-electron chi connectivity index (χ2n) is 6.54. The van der Waals surface area contributed by atoms with Crippen LogP contribution in [-0.4, -0.2) is 13.2 Å². The molecule has 0 aliphatic heterocycles. The minimum absolute atomic E-state index is 0.372. The molecule has 2 bridgehead atoms. The van der Waals surface area contributed by atoms with Crippen molar-refractivity contribution in [2.24, 2.45) is 17.8 Å². The fourth-order valence-corrected chi connectivity index (χ4v) is 4.19. The summed E-state index contributed by atoms with van der Waals surface area (Å²) in [4.78, 5) is 0. The van der Waals surface area contributed by atoms with Gasteiger partial charge in [0.15, 0.2) is 0 Å². The second-order valence-corrected chi connectivity index (χ2v) is 6.54. The highest BCUT2D eigenvalue weighted by Crippen LogP contribution is 2.48. The van der Waals surface area contributed by atoms with Gasteiger partial charge in [-0.25, -0.2) is 0 Å². The molecule has 20 heavy (non-hydrogen) atoms. The second kappa shape index (κ2) is 6.17. The molecule has 3 rings (SSSR count). The third-order valence-electron chi connectivity index (χ3n) is 5.26. The number of benzene rings is 1. The van der Waals surface area contributed by atoms with Crippen molar-refractivity contribution in [3.63, 3.8) is 0 Å². The molecule has 2 fully saturated rings. The fraction of sp³-hybridized carbons (Fsp3) is 0.667. The quantitative estimate of drug-likeness (QED) is 0.840. The highest BCUT2D eigenvalue weighted by Gasteiger charge is 2.39. The van der Waals surface area contributed by atoms with Crippen molar-refractivity contribution in [2.75, 3.05) is 13.2 Å². The van der Waals surface area contributed by atoms with Crippen molar-refractivity contribution in [3.05, 3.63) is 29.8 Å². The summed E-state index contributed by atoms with van der Waals surface area (Å²) >= 11 is 0. The van der Waals surface area contributed by atoms with Crippen LogP contribution in [-0.2, 0) is 0 Å². The first-order chi connectivity index (χ1) is 9.78. The molecule has 1 aromatic rings. The Bertz CT molecular complexity index is 445. The summed E-state index contributed by atoms with van der Waals surface area (Å²) in [6, 6.07) is 8.79. The zero-order valence-electron chi connectivity index (χ0n) is 12.8. The minimum atomic E-state index is 0.372. The van der Waals surface area contributed by atoms with Crippen LogP contribution in [0.1, 0.15) is 51.1 Å². The normalized spacial score (nSPS) is 29.6. The molecule has 0 heterocycles. The Kier molecular flexibility index (Phi) is 4.30. The highest BCUT2D eigenvalue weighted by molar-refractivity contribution is 5.35. The third-order valence-corrected chi connectivity index (χ3v) is 5.26. The Labute approximate surface area is 122 Å². The predicted octanol–water partition coefficient (Wildman–Crippen LogP) is 4.17. The standard InChI is InChI=1S/C18H27NO/c1-3-20-18-7-5-4-6-17(18)13(2)19-12-16-11-14-8-9-15(16)10-14/h4-7,13-16,19H,3,8-12H2,1-2H3. The van der Waals surface area contributed by atoms with Crippen molar-refractivity contribution in [1.82, 2.24) is 5.32 Å². The van der Waals surface area contributed by atoms with Gasteiger partial charge >= 0.3 is 0 Å². The van der Waals surface area contributed by atoms with Gasteiger partial charge in [-0.05, 0) is 63.5 Å². The maximum absolute atomic E-state index is 5.74. The van der Waals surface area contributed by atoms with E-state index in [-0.39, 0.29) is 0 Å². The molecule has 4 unspecified atom stereocenters. The summed E-state index contributed by atoms with van der Waals surface area (Å²) < 4.78 is 5.74. The summed E-state index contributed by atoms with van der Waals surface area (Å²) in [7, 11) is 0. The van der Waals surface area contributed by atoms with Gasteiger partial charge in [-0.1, -0.05) is 24.6 Å². The number of nitrogens with one attached hydrogen (secondary N) is 1. The van der Waals surface area contributed by atoms with Crippen molar-refractivity contribution < 1.29 is 4.74 Å². The van der Waals surface area contributed by atoms with E-state index in [2.05, 4.69) is 36.5 Å². The lowest BCUT2D eigenvalue weighted by Gasteiger charge is -2.25. The molecule has 4 atom stereocenters. The Balaban J connectivity index is 1.57. The van der Waals surface area contributed by atoms with Crippen LogP contribution in [0.15, 0.2) is 24.3 Å². The average Bonchev–Trinajstić information content (AvgIpc) is 3.08. The largest absolute Gasteiger partial charge is 0.494 e. The van der Waals surface area contributed by atoms with Crippen LogP contribution < -0.4 is 10.1 Å². The van der Waals surface area contributed by atoms with Crippen LogP contribution in [0.5, 0.6) is 5.75 Å². The molecule has 2 nitrogen and oxygen atoms in total. The monoisotopic (exact) mass is 273 g/mol. The van der Waals surface area contributed by atoms with E-state index in [1.807, 2.05) is 6.92 Å². The summed E-state index contributed by atoms with van der Waals surface area (Å²) in [6.07, 6.45) is 5.92. The number of hydrogen-bond donors (Lipinski definition) is 1. The predicted molar refractivity (Wildman–Crippen MR) is 83.0 cm³/mol. The molecule has 2 heteroatoms. The first-order valence-electron chi connectivity index (χ1n) is 8.23. The zero-order valence-corrected chi connectivity index (χ0v) is 12.8. The summed E-state index contributed by atoms with van der Waals surface area (Å²) in [5.41, 5.74) is 1.29. The van der Waals surface area contributed by atoms with Gasteiger partial charge in [-0.2, -0.15) is 0 Å². The van der Waals surface area contributed by atoms with Crippen LogP contribution in [0.25, 0.3) is 0 Å². The van der Waals surface area contributed by atoms with Gasteiger partial charge in [-0.3, -0.25) is 0 Å². The summed E-state index contributed by atoms with van der Waals surface area (Å²) in [6.45, 7) is 6.20. The van der Waals surface area contributed by atoms with E-state index in [1.54, 1.807) is 0 Å². The minimum Gasteiger partial charge on any atom is -0.494 e. The van der Waals surface area contributed by atoms with Crippen molar-refractivity contribution in [2.45, 2.75) is 45.6 Å². The zero-order chi connectivity index (χ0) is 13.9. The molecule has 2 aliphatic carbocycles. The van der Waals surface area contributed by atoms with Gasteiger partial charge in [0.1, 0.15) is 5.75 Å². The summed E-state index contributed by atoms with van der Waals surface area (Å²) in [5, 5.41) is 3.74. The van der Waals surface area contributed by atoms with Crippen LogP contribution >= 0.6 is 0 Å². The molecule has 0 amide bonds. The molecule has 2 saturated carbocycles. The number of para-hydroxylation sites is 1. The number of fused-ring (bicyclic) bond motifs is 2. The van der Waals surface area contributed by atoms with Gasteiger partial charge in [0.05, 0.1) is 6.61 Å². The van der Waals surface area contributed by atoms with Crippen molar-refractivity contribution in [1.29, 1.82) is 0 Å². The Hall–Kier alpha value is -1.02. The van der Waals surface area contributed by atoms with Gasteiger partial charge in [0.2, 0.25) is 0 Å². The van der Waals surface area contributed by atoms with Gasteiger partial charge < -0.3 is 10.1 Å². The van der Waals surface area contributed by atoms with Gasteiger partial charge in [0.25, 0.3) is 0 Å².